The van der Waals surface area contributed by atoms with Crippen molar-refractivity contribution in [3.8, 4) is 58.2 Å². The minimum absolute atomic E-state index is 0.349. The molecule has 4 heterocycles. The first kappa shape index (κ1) is 45.1. The number of hydrogen-bond acceptors (Lipinski definition) is 6. The number of aromatic nitrogens is 2. The monoisotopic (exact) mass is 946 g/mol. The highest BCUT2D eigenvalue weighted by Crippen LogP contribution is 2.57. The highest BCUT2D eigenvalue weighted by atomic mass is 16.5. The molecule has 0 aliphatic carbocycles. The Morgan fingerprint density at radius 2 is 0.808 bits per heavy atom. The average molecular weight is 947 g/mol. The lowest BCUT2D eigenvalue weighted by Crippen LogP contribution is -2.34. The summed E-state index contributed by atoms with van der Waals surface area (Å²) in [6, 6.07) is 65.4. The average Bonchev–Trinajstić information content (AvgIpc) is 3.44. The van der Waals surface area contributed by atoms with Crippen LogP contribution in [0.1, 0.15) is 83.3 Å². The lowest BCUT2D eigenvalue weighted by Gasteiger charge is -2.42. The quantitative estimate of drug-likeness (QED) is 0.127. The first-order valence-corrected chi connectivity index (χ1v) is 24.6. The van der Waals surface area contributed by atoms with Crippen molar-refractivity contribution >= 4 is 21.5 Å². The van der Waals surface area contributed by atoms with Crippen molar-refractivity contribution < 1.29 is 18.9 Å². The summed E-state index contributed by atoms with van der Waals surface area (Å²) in [6.45, 7) is 8.96. The number of hydrogen-bond donors (Lipinski definition) is 0. The van der Waals surface area contributed by atoms with E-state index in [1.165, 1.54) is 11.1 Å². The summed E-state index contributed by atoms with van der Waals surface area (Å²) in [6.07, 6.45) is 7.40. The summed E-state index contributed by atoms with van der Waals surface area (Å²) in [7, 11) is 0. The van der Waals surface area contributed by atoms with Gasteiger partial charge in [0.1, 0.15) is 36.2 Å². The van der Waals surface area contributed by atoms with Crippen molar-refractivity contribution in [2.45, 2.75) is 43.9 Å². The van der Waals surface area contributed by atoms with Crippen LogP contribution in [0.2, 0.25) is 0 Å². The molecule has 2 atom stereocenters. The number of rotatable bonds is 10. The second-order valence-electron chi connectivity index (χ2n) is 19.1. The largest absolute Gasteiger partial charge is 0.481 e. The summed E-state index contributed by atoms with van der Waals surface area (Å²) in [5.41, 5.74) is 9.26. The van der Waals surface area contributed by atoms with Gasteiger partial charge in [0, 0.05) is 40.1 Å². The first-order chi connectivity index (χ1) is 35.8. The SMILES string of the molecule is CC#CCOc1ccc2cc(C3(c4ccc(C(C)(C)c5ccc(C6(c7ccc8cc(OCC#CC)ccc8c7)c7ccccc7Oc7cnccc76)cc5)cc4)c4ccccc4Oc4cnccc43)ccc2c1. The molecule has 12 rings (SSSR count). The van der Waals surface area contributed by atoms with Gasteiger partial charge < -0.3 is 18.9 Å². The zero-order valence-corrected chi connectivity index (χ0v) is 41.1. The molecular formula is C67H50N2O4. The number of para-hydroxylation sites is 2. The van der Waals surface area contributed by atoms with Gasteiger partial charge in [-0.1, -0.05) is 147 Å². The van der Waals surface area contributed by atoms with E-state index in [4.69, 9.17) is 18.9 Å². The number of nitrogens with zero attached hydrogens (tertiary/aromatic N) is 2. The van der Waals surface area contributed by atoms with Crippen LogP contribution >= 0.6 is 0 Å². The van der Waals surface area contributed by atoms with Crippen LogP contribution in [-0.4, -0.2) is 23.2 Å². The third kappa shape index (κ3) is 7.45. The maximum atomic E-state index is 6.62. The Labute approximate surface area is 426 Å². The molecule has 73 heavy (non-hydrogen) atoms. The molecule has 0 radical (unpaired) electrons. The summed E-state index contributed by atoms with van der Waals surface area (Å²) < 4.78 is 25.1. The molecule has 2 aromatic heterocycles. The Balaban J connectivity index is 0.957. The molecule has 0 N–H and O–H groups in total. The molecule has 10 aromatic rings. The van der Waals surface area contributed by atoms with Gasteiger partial charge in [-0.15, -0.1) is 11.8 Å². The molecule has 0 spiro atoms. The van der Waals surface area contributed by atoms with E-state index in [1.807, 2.05) is 62.9 Å². The van der Waals surface area contributed by atoms with Crippen LogP contribution in [0.4, 0.5) is 0 Å². The van der Waals surface area contributed by atoms with E-state index in [9.17, 15) is 0 Å². The number of benzene rings is 8. The maximum absolute atomic E-state index is 6.62. The molecule has 2 aliphatic rings. The molecule has 0 saturated carbocycles. The topological polar surface area (TPSA) is 62.7 Å². The highest BCUT2D eigenvalue weighted by molar-refractivity contribution is 5.87. The summed E-state index contributed by atoms with van der Waals surface area (Å²) in [4.78, 5) is 9.07. The van der Waals surface area contributed by atoms with Crippen LogP contribution in [0.5, 0.6) is 34.5 Å². The minimum atomic E-state index is -0.722. The van der Waals surface area contributed by atoms with E-state index in [2.05, 4.69) is 205 Å². The van der Waals surface area contributed by atoms with E-state index >= 15 is 0 Å². The van der Waals surface area contributed by atoms with Gasteiger partial charge in [-0.05, 0) is 129 Å². The van der Waals surface area contributed by atoms with Crippen LogP contribution < -0.4 is 18.9 Å². The summed E-state index contributed by atoms with van der Waals surface area (Å²) in [5.74, 6) is 16.5. The van der Waals surface area contributed by atoms with Gasteiger partial charge in [0.05, 0.1) is 23.2 Å². The first-order valence-electron chi connectivity index (χ1n) is 24.6. The molecule has 0 saturated heterocycles. The number of ether oxygens (including phenoxy) is 4. The van der Waals surface area contributed by atoms with Gasteiger partial charge in [0.25, 0.3) is 0 Å². The summed E-state index contributed by atoms with van der Waals surface area (Å²) >= 11 is 0. The van der Waals surface area contributed by atoms with Gasteiger partial charge in [0.2, 0.25) is 0 Å². The normalized spacial score (nSPS) is 16.2. The van der Waals surface area contributed by atoms with Crippen LogP contribution in [0.25, 0.3) is 21.5 Å². The summed E-state index contributed by atoms with van der Waals surface area (Å²) in [5, 5.41) is 4.39. The van der Waals surface area contributed by atoms with Crippen molar-refractivity contribution in [3.63, 3.8) is 0 Å². The van der Waals surface area contributed by atoms with Crippen molar-refractivity contribution in [3.05, 3.63) is 262 Å². The Bertz CT molecular complexity index is 3550. The van der Waals surface area contributed by atoms with E-state index in [0.29, 0.717) is 13.2 Å². The van der Waals surface area contributed by atoms with Gasteiger partial charge in [-0.3, -0.25) is 9.97 Å². The Morgan fingerprint density at radius 3 is 1.25 bits per heavy atom. The molecule has 2 aliphatic heterocycles. The van der Waals surface area contributed by atoms with Gasteiger partial charge >= 0.3 is 0 Å². The fourth-order valence-corrected chi connectivity index (χ4v) is 11.3. The zero-order valence-electron chi connectivity index (χ0n) is 41.1. The van der Waals surface area contributed by atoms with E-state index in [-0.39, 0.29) is 5.41 Å². The van der Waals surface area contributed by atoms with Crippen molar-refractivity contribution in [1.29, 1.82) is 0 Å². The zero-order chi connectivity index (χ0) is 49.6. The van der Waals surface area contributed by atoms with Gasteiger partial charge in [-0.25, -0.2) is 0 Å². The molecule has 0 bridgehead atoms. The molecule has 0 fully saturated rings. The highest BCUT2D eigenvalue weighted by Gasteiger charge is 2.47. The second kappa shape index (κ2) is 18.3. The Kier molecular flexibility index (Phi) is 11.3. The lowest BCUT2D eigenvalue weighted by molar-refractivity contribution is 0.370. The number of pyridine rings is 2. The van der Waals surface area contributed by atoms with Crippen LogP contribution in [0.3, 0.4) is 0 Å². The molecule has 6 heteroatoms. The standard InChI is InChI=1S/C67H50N2O4/c1-5-7-37-70-55-31-19-45-39-53(21-17-47(45)41-55)66(57-13-9-11-15-61(57)72-63-43-68-35-33-59(63)66)51-27-23-49(24-28-51)65(3,4)50-25-29-52(30-26-50)67(58-14-10-12-16-62(58)73-64-44-69-36-34-60(64)67)54-22-18-48-42-56(71-38-8-6-2)32-20-46(48)40-54/h9-36,39-44H,37-38H2,1-4H3. The Morgan fingerprint density at radius 1 is 0.425 bits per heavy atom. The van der Waals surface area contributed by atoms with E-state index < -0.39 is 10.8 Å². The van der Waals surface area contributed by atoms with Crippen molar-refractivity contribution in [1.82, 2.24) is 9.97 Å². The second-order valence-corrected chi connectivity index (χ2v) is 19.1. The fourth-order valence-electron chi connectivity index (χ4n) is 11.3. The molecule has 0 amide bonds. The molecule has 6 nitrogen and oxygen atoms in total. The lowest BCUT2D eigenvalue weighted by atomic mass is 9.63. The van der Waals surface area contributed by atoms with E-state index in [0.717, 1.165) is 101 Å². The van der Waals surface area contributed by atoms with Crippen LogP contribution in [0.15, 0.2) is 207 Å². The fraction of sp³-hybridized carbons (Fsp3) is 0.134. The smallest absolute Gasteiger partial charge is 0.150 e. The minimum Gasteiger partial charge on any atom is -0.481 e. The molecule has 8 aromatic carbocycles. The van der Waals surface area contributed by atoms with E-state index in [1.54, 1.807) is 0 Å². The van der Waals surface area contributed by atoms with Gasteiger partial charge in [0.15, 0.2) is 11.5 Å². The third-order valence-electron chi connectivity index (χ3n) is 14.9. The molecule has 352 valence electrons. The third-order valence-corrected chi connectivity index (χ3v) is 14.9. The Hall–Kier alpha value is -9.10. The van der Waals surface area contributed by atoms with Crippen LogP contribution in [0, 0.1) is 23.7 Å². The van der Waals surface area contributed by atoms with Gasteiger partial charge in [-0.2, -0.15) is 0 Å². The predicted molar refractivity (Wildman–Crippen MR) is 290 cm³/mol. The van der Waals surface area contributed by atoms with Crippen molar-refractivity contribution in [2.75, 3.05) is 13.2 Å². The molecule has 2 unspecified atom stereocenters. The molecular weight excluding hydrogens is 897 g/mol. The number of fused-ring (bicyclic) bond motifs is 6. The van der Waals surface area contributed by atoms with Crippen LogP contribution in [-0.2, 0) is 16.2 Å². The maximum Gasteiger partial charge on any atom is 0.150 e. The van der Waals surface area contributed by atoms with Crippen molar-refractivity contribution in [2.24, 2.45) is 0 Å². The predicted octanol–water partition coefficient (Wildman–Crippen LogP) is 14.9.